The molecule has 0 radical (unpaired) electrons. The summed E-state index contributed by atoms with van der Waals surface area (Å²) in [5.74, 6) is 3.48. The third-order valence-corrected chi connectivity index (χ3v) is 4.93. The Labute approximate surface area is 120 Å². The molecule has 0 bridgehead atoms. The van der Waals surface area contributed by atoms with Crippen molar-refractivity contribution in [3.05, 3.63) is 11.7 Å². The van der Waals surface area contributed by atoms with Gasteiger partial charge >= 0.3 is 0 Å². The highest BCUT2D eigenvalue weighted by molar-refractivity contribution is 7.99. The Bertz CT molecular complexity index is 375. The van der Waals surface area contributed by atoms with Gasteiger partial charge in [0.05, 0.1) is 5.25 Å². The smallest absolute Gasteiger partial charge is 0.228 e. The predicted octanol–water partition coefficient (Wildman–Crippen LogP) is 3.20. The van der Waals surface area contributed by atoms with Gasteiger partial charge in [-0.15, -0.1) is 0 Å². The lowest BCUT2D eigenvalue weighted by Crippen LogP contribution is -2.36. The fourth-order valence-electron chi connectivity index (χ4n) is 2.32. The average Bonchev–Trinajstić information content (AvgIpc) is 3.04. The lowest BCUT2D eigenvalue weighted by molar-refractivity contribution is 0.324. The molecule has 1 saturated heterocycles. The molecule has 108 valence electrons. The van der Waals surface area contributed by atoms with Crippen molar-refractivity contribution in [3.8, 4) is 0 Å². The van der Waals surface area contributed by atoms with Crippen LogP contribution in [0.15, 0.2) is 4.52 Å². The van der Waals surface area contributed by atoms with E-state index in [1.165, 1.54) is 18.6 Å². The molecule has 5 heteroatoms. The zero-order valence-corrected chi connectivity index (χ0v) is 13.0. The van der Waals surface area contributed by atoms with Gasteiger partial charge in [0.2, 0.25) is 5.89 Å². The van der Waals surface area contributed by atoms with Gasteiger partial charge in [-0.25, -0.2) is 0 Å². The van der Waals surface area contributed by atoms with Crippen LogP contribution >= 0.6 is 11.8 Å². The van der Waals surface area contributed by atoms with Crippen LogP contribution in [0.1, 0.15) is 57.0 Å². The second-order valence-electron chi connectivity index (χ2n) is 5.56. The van der Waals surface area contributed by atoms with E-state index in [1.807, 2.05) is 11.8 Å². The highest BCUT2D eigenvalue weighted by Crippen LogP contribution is 2.38. The third kappa shape index (κ3) is 4.21. The van der Waals surface area contributed by atoms with Crippen LogP contribution < -0.4 is 5.32 Å². The van der Waals surface area contributed by atoms with Crippen LogP contribution in [0, 0.1) is 5.92 Å². The van der Waals surface area contributed by atoms with Crippen molar-refractivity contribution in [2.75, 3.05) is 12.3 Å². The van der Waals surface area contributed by atoms with Gasteiger partial charge in [-0.3, -0.25) is 0 Å². The van der Waals surface area contributed by atoms with E-state index in [9.17, 15) is 0 Å². The Balaban J connectivity index is 1.93. The van der Waals surface area contributed by atoms with Crippen molar-refractivity contribution < 1.29 is 4.52 Å². The zero-order chi connectivity index (χ0) is 13.7. The number of nitrogens with one attached hydrogen (secondary N) is 1. The number of hydrogen-bond donors (Lipinski definition) is 1. The van der Waals surface area contributed by atoms with Crippen LogP contribution in [0.3, 0.4) is 0 Å². The van der Waals surface area contributed by atoms with Crippen molar-refractivity contribution in [2.45, 2.75) is 57.7 Å². The maximum Gasteiger partial charge on any atom is 0.228 e. The molecular weight excluding hydrogens is 258 g/mol. The van der Waals surface area contributed by atoms with E-state index in [4.69, 9.17) is 4.52 Å². The molecule has 1 aromatic heterocycles. The van der Waals surface area contributed by atoms with Gasteiger partial charge < -0.3 is 9.84 Å². The van der Waals surface area contributed by atoms with Crippen LogP contribution in [0.4, 0.5) is 0 Å². The molecule has 2 unspecified atom stereocenters. The number of nitrogens with zero attached hydrogens (tertiary/aromatic N) is 2. The molecular formula is C14H25N3OS. The molecule has 2 rings (SSSR count). The average molecular weight is 283 g/mol. The highest BCUT2D eigenvalue weighted by Gasteiger charge is 2.24. The topological polar surface area (TPSA) is 51.0 Å². The molecule has 1 aliphatic rings. The van der Waals surface area contributed by atoms with E-state index in [-0.39, 0.29) is 0 Å². The molecule has 1 aromatic rings. The van der Waals surface area contributed by atoms with Gasteiger partial charge in [0.25, 0.3) is 0 Å². The summed E-state index contributed by atoms with van der Waals surface area (Å²) < 4.78 is 5.42. The van der Waals surface area contributed by atoms with E-state index in [1.54, 1.807) is 0 Å². The molecule has 19 heavy (non-hydrogen) atoms. The first-order valence-electron chi connectivity index (χ1n) is 7.38. The quantitative estimate of drug-likeness (QED) is 0.832. The summed E-state index contributed by atoms with van der Waals surface area (Å²) in [6.07, 6.45) is 4.44. The lowest BCUT2D eigenvalue weighted by Gasteiger charge is -2.20. The Kier molecular flexibility index (Phi) is 5.70. The van der Waals surface area contributed by atoms with Crippen molar-refractivity contribution in [1.82, 2.24) is 15.5 Å². The maximum atomic E-state index is 5.42. The first-order chi connectivity index (χ1) is 9.20. The molecule has 2 heterocycles. The molecule has 2 atom stereocenters. The van der Waals surface area contributed by atoms with Crippen molar-refractivity contribution in [3.63, 3.8) is 0 Å². The van der Waals surface area contributed by atoms with Gasteiger partial charge in [-0.05, 0) is 37.5 Å². The lowest BCUT2D eigenvalue weighted by atomic mass is 10.0. The van der Waals surface area contributed by atoms with Gasteiger partial charge in [0, 0.05) is 12.5 Å². The summed E-state index contributed by atoms with van der Waals surface area (Å²) in [7, 11) is 0. The second-order valence-corrected chi connectivity index (χ2v) is 6.87. The summed E-state index contributed by atoms with van der Waals surface area (Å²) in [4.78, 5) is 4.58. The van der Waals surface area contributed by atoms with Gasteiger partial charge in [0.1, 0.15) is 0 Å². The van der Waals surface area contributed by atoms with Crippen LogP contribution in [0.5, 0.6) is 0 Å². The predicted molar refractivity (Wildman–Crippen MR) is 79.4 cm³/mol. The zero-order valence-electron chi connectivity index (χ0n) is 12.2. The highest BCUT2D eigenvalue weighted by atomic mass is 32.2. The van der Waals surface area contributed by atoms with Gasteiger partial charge in [-0.1, -0.05) is 25.9 Å². The standard InChI is InChI=1S/C14H25N3OS/c1-4-7-15-11(10(2)3)9-13-16-14(17-18-13)12-6-5-8-19-12/h10-12,15H,4-9H2,1-3H3. The Hall–Kier alpha value is -0.550. The number of thioether (sulfide) groups is 1. The molecule has 0 saturated carbocycles. The SMILES string of the molecule is CCCNC(Cc1nc(C2CCCS2)no1)C(C)C. The molecule has 0 aromatic carbocycles. The molecule has 1 fully saturated rings. The largest absolute Gasteiger partial charge is 0.339 e. The van der Waals surface area contributed by atoms with E-state index in [2.05, 4.69) is 36.2 Å². The fourth-order valence-corrected chi connectivity index (χ4v) is 3.52. The summed E-state index contributed by atoms with van der Waals surface area (Å²) in [5, 5.41) is 8.18. The second kappa shape index (κ2) is 7.29. The molecule has 0 amide bonds. The Morgan fingerprint density at radius 1 is 1.47 bits per heavy atom. The number of rotatable bonds is 7. The van der Waals surface area contributed by atoms with Crippen LogP contribution in [0.2, 0.25) is 0 Å². The minimum absolute atomic E-state index is 0.421. The number of hydrogen-bond acceptors (Lipinski definition) is 5. The Morgan fingerprint density at radius 2 is 2.32 bits per heavy atom. The maximum absolute atomic E-state index is 5.42. The number of aromatic nitrogens is 2. The summed E-state index contributed by atoms with van der Waals surface area (Å²) in [6.45, 7) is 7.70. The first-order valence-corrected chi connectivity index (χ1v) is 8.43. The fraction of sp³-hybridized carbons (Fsp3) is 0.857. The minimum Gasteiger partial charge on any atom is -0.339 e. The van der Waals surface area contributed by atoms with Crippen LogP contribution in [0.25, 0.3) is 0 Å². The van der Waals surface area contributed by atoms with Crippen molar-refractivity contribution in [2.24, 2.45) is 5.92 Å². The van der Waals surface area contributed by atoms with Crippen molar-refractivity contribution in [1.29, 1.82) is 0 Å². The molecule has 0 aliphatic carbocycles. The van der Waals surface area contributed by atoms with E-state index >= 15 is 0 Å². The van der Waals surface area contributed by atoms with Gasteiger partial charge in [-0.2, -0.15) is 16.7 Å². The molecule has 1 N–H and O–H groups in total. The molecule has 1 aliphatic heterocycles. The normalized spacial score (nSPS) is 21.2. The summed E-state index contributed by atoms with van der Waals surface area (Å²) in [6, 6.07) is 0.421. The van der Waals surface area contributed by atoms with Crippen molar-refractivity contribution >= 4 is 11.8 Å². The summed E-state index contributed by atoms with van der Waals surface area (Å²) >= 11 is 1.95. The van der Waals surface area contributed by atoms with E-state index in [0.717, 1.165) is 31.1 Å². The van der Waals surface area contributed by atoms with Gasteiger partial charge in [0.15, 0.2) is 5.82 Å². The monoisotopic (exact) mass is 283 g/mol. The first kappa shape index (κ1) is 14.9. The minimum atomic E-state index is 0.421. The van der Waals surface area contributed by atoms with Crippen LogP contribution in [-0.2, 0) is 6.42 Å². The van der Waals surface area contributed by atoms with Crippen LogP contribution in [-0.4, -0.2) is 28.5 Å². The van der Waals surface area contributed by atoms with E-state index in [0.29, 0.717) is 17.2 Å². The summed E-state index contributed by atoms with van der Waals surface area (Å²) in [5.41, 5.74) is 0. The third-order valence-electron chi connectivity index (χ3n) is 3.56. The Morgan fingerprint density at radius 3 is 2.95 bits per heavy atom. The van der Waals surface area contributed by atoms with E-state index < -0.39 is 0 Å². The molecule has 4 nitrogen and oxygen atoms in total. The molecule has 0 spiro atoms.